The highest BCUT2D eigenvalue weighted by molar-refractivity contribution is 7.79. The van der Waals surface area contributed by atoms with E-state index in [1.54, 1.807) is 0 Å². The van der Waals surface area contributed by atoms with Crippen molar-refractivity contribution in [2.24, 2.45) is 11.8 Å². The Hall–Kier alpha value is -0.420. The normalized spacial score (nSPS) is 15.5. The lowest BCUT2D eigenvalue weighted by molar-refractivity contribution is -0.142. The molecule has 4 nitrogen and oxygen atoms in total. The van der Waals surface area contributed by atoms with Crippen molar-refractivity contribution in [3.63, 3.8) is 0 Å². The lowest BCUT2D eigenvalue weighted by Gasteiger charge is -2.15. The Morgan fingerprint density at radius 3 is 2.38 bits per heavy atom. The van der Waals surface area contributed by atoms with Crippen molar-refractivity contribution in [2.75, 3.05) is 12.4 Å². The van der Waals surface area contributed by atoms with E-state index in [1.165, 1.54) is 0 Å². The second kappa shape index (κ2) is 6.10. The van der Waals surface area contributed by atoms with Gasteiger partial charge in [-0.2, -0.15) is 0 Å². The monoisotopic (exact) mass is 207 g/mol. The number of rotatable bonds is 5. The number of hydrogen-bond acceptors (Lipinski definition) is 4. The number of esters is 1. The molecule has 0 aromatic rings. The number of hydrogen-bond donors (Lipinski definition) is 0. The molecule has 0 N–H and O–H groups in total. The predicted octanol–water partition coefficient (Wildman–Crippen LogP) is 0.701. The average Bonchev–Trinajstić information content (AvgIpc) is 1.98. The van der Waals surface area contributed by atoms with Gasteiger partial charge in [0.1, 0.15) is 5.75 Å². The summed E-state index contributed by atoms with van der Waals surface area (Å²) in [6, 6.07) is 0. The van der Waals surface area contributed by atoms with Crippen molar-refractivity contribution in [1.29, 1.82) is 0 Å². The molecule has 13 heavy (non-hydrogen) atoms. The van der Waals surface area contributed by atoms with Gasteiger partial charge in [-0.25, -0.2) is 0 Å². The SMILES string of the molecule is CC(C)C(C)COC(=O)CS(=O)[O-]. The first-order chi connectivity index (χ1) is 5.93. The summed E-state index contributed by atoms with van der Waals surface area (Å²) >= 11 is -2.35. The van der Waals surface area contributed by atoms with E-state index in [2.05, 4.69) is 0 Å². The van der Waals surface area contributed by atoms with Gasteiger partial charge < -0.3 is 9.29 Å². The zero-order chi connectivity index (χ0) is 10.4. The maximum absolute atomic E-state index is 10.8. The van der Waals surface area contributed by atoms with Gasteiger partial charge in [0.2, 0.25) is 0 Å². The molecular weight excluding hydrogens is 192 g/mol. The molecule has 0 heterocycles. The van der Waals surface area contributed by atoms with Gasteiger partial charge in [0.25, 0.3) is 0 Å². The van der Waals surface area contributed by atoms with Gasteiger partial charge in [-0.3, -0.25) is 9.00 Å². The van der Waals surface area contributed by atoms with Gasteiger partial charge in [0.05, 0.1) is 6.61 Å². The van der Waals surface area contributed by atoms with E-state index < -0.39 is 22.8 Å². The fourth-order valence-electron chi connectivity index (χ4n) is 0.555. The maximum Gasteiger partial charge on any atom is 0.317 e. The fraction of sp³-hybridized carbons (Fsp3) is 0.875. The van der Waals surface area contributed by atoms with Crippen LogP contribution in [0, 0.1) is 11.8 Å². The third-order valence-corrected chi connectivity index (χ3v) is 2.35. The molecule has 0 amide bonds. The topological polar surface area (TPSA) is 66.4 Å². The summed E-state index contributed by atoms with van der Waals surface area (Å²) in [4.78, 5) is 10.8. The second-order valence-electron chi connectivity index (χ2n) is 3.35. The number of carbonyl (C=O) groups excluding carboxylic acids is 1. The first-order valence-electron chi connectivity index (χ1n) is 4.15. The van der Waals surface area contributed by atoms with E-state index in [9.17, 15) is 13.6 Å². The van der Waals surface area contributed by atoms with Crippen molar-refractivity contribution in [2.45, 2.75) is 20.8 Å². The van der Waals surface area contributed by atoms with Crippen molar-refractivity contribution < 1.29 is 18.3 Å². The predicted molar refractivity (Wildman–Crippen MR) is 48.7 cm³/mol. The first-order valence-corrected chi connectivity index (χ1v) is 5.39. The average molecular weight is 207 g/mol. The van der Waals surface area contributed by atoms with E-state index in [1.807, 2.05) is 20.8 Å². The minimum Gasteiger partial charge on any atom is -0.772 e. The van der Waals surface area contributed by atoms with E-state index in [0.29, 0.717) is 5.92 Å². The lowest BCUT2D eigenvalue weighted by Crippen LogP contribution is -2.19. The second-order valence-corrected chi connectivity index (χ2v) is 4.25. The molecule has 2 unspecified atom stereocenters. The molecule has 0 saturated heterocycles. The van der Waals surface area contributed by atoms with Gasteiger partial charge in [-0.15, -0.1) is 0 Å². The van der Waals surface area contributed by atoms with Crippen LogP contribution in [-0.4, -0.2) is 27.1 Å². The minimum atomic E-state index is -2.35. The van der Waals surface area contributed by atoms with E-state index in [0.717, 1.165) is 0 Å². The van der Waals surface area contributed by atoms with Crippen molar-refractivity contribution >= 4 is 17.0 Å². The van der Waals surface area contributed by atoms with Crippen LogP contribution in [0.4, 0.5) is 0 Å². The summed E-state index contributed by atoms with van der Waals surface area (Å²) in [5.41, 5.74) is 0. The van der Waals surface area contributed by atoms with Crippen LogP contribution >= 0.6 is 0 Å². The van der Waals surface area contributed by atoms with Crippen LogP contribution in [0.3, 0.4) is 0 Å². The van der Waals surface area contributed by atoms with Gasteiger partial charge in [-0.05, 0) is 22.9 Å². The van der Waals surface area contributed by atoms with Crippen LogP contribution in [0.2, 0.25) is 0 Å². The molecule has 0 fully saturated rings. The molecule has 0 aliphatic heterocycles. The van der Waals surface area contributed by atoms with Crippen LogP contribution in [0.5, 0.6) is 0 Å². The Bertz CT molecular complexity index is 191. The summed E-state index contributed by atoms with van der Waals surface area (Å²) in [6.45, 7) is 6.27. The minimum absolute atomic E-state index is 0.254. The van der Waals surface area contributed by atoms with Gasteiger partial charge in [-0.1, -0.05) is 20.8 Å². The summed E-state index contributed by atoms with van der Waals surface area (Å²) in [5, 5.41) is 0. The smallest absolute Gasteiger partial charge is 0.317 e. The van der Waals surface area contributed by atoms with Gasteiger partial charge >= 0.3 is 5.97 Å². The molecular formula is C8H15O4S-. The molecule has 0 radical (unpaired) electrons. The van der Waals surface area contributed by atoms with Crippen LogP contribution in [-0.2, 0) is 20.6 Å². The third-order valence-electron chi connectivity index (χ3n) is 1.88. The highest BCUT2D eigenvalue weighted by Gasteiger charge is 2.10. The van der Waals surface area contributed by atoms with E-state index >= 15 is 0 Å². The molecule has 0 spiro atoms. The molecule has 0 aromatic heterocycles. The first kappa shape index (κ1) is 12.6. The van der Waals surface area contributed by atoms with E-state index in [-0.39, 0.29) is 12.5 Å². The zero-order valence-corrected chi connectivity index (χ0v) is 8.93. The van der Waals surface area contributed by atoms with Gasteiger partial charge in [0, 0.05) is 0 Å². The molecule has 0 saturated carbocycles. The Kier molecular flexibility index (Phi) is 5.90. The molecule has 78 valence electrons. The van der Waals surface area contributed by atoms with Crippen molar-refractivity contribution in [1.82, 2.24) is 0 Å². The highest BCUT2D eigenvalue weighted by Crippen LogP contribution is 2.09. The van der Waals surface area contributed by atoms with Crippen LogP contribution in [0.25, 0.3) is 0 Å². The Balaban J connectivity index is 3.64. The Morgan fingerprint density at radius 1 is 1.46 bits per heavy atom. The van der Waals surface area contributed by atoms with Crippen LogP contribution in [0.1, 0.15) is 20.8 Å². The summed E-state index contributed by atoms with van der Waals surface area (Å²) in [7, 11) is 0. The molecule has 0 aliphatic carbocycles. The maximum atomic E-state index is 10.8. The number of ether oxygens (including phenoxy) is 1. The molecule has 0 aliphatic rings. The Morgan fingerprint density at radius 2 is 2.00 bits per heavy atom. The standard InChI is InChI=1S/C8H16O4S/c1-6(2)7(3)4-12-8(9)5-13(10)11/h6-7H,4-5H2,1-3H3,(H,10,11)/p-1. The van der Waals surface area contributed by atoms with Gasteiger partial charge in [0.15, 0.2) is 0 Å². The molecule has 5 heteroatoms. The van der Waals surface area contributed by atoms with Crippen molar-refractivity contribution in [3.05, 3.63) is 0 Å². The summed E-state index contributed by atoms with van der Waals surface area (Å²) in [6.07, 6.45) is 0. The fourth-order valence-corrected chi connectivity index (χ4v) is 0.831. The summed E-state index contributed by atoms with van der Waals surface area (Å²) < 4.78 is 24.9. The van der Waals surface area contributed by atoms with Crippen molar-refractivity contribution in [3.8, 4) is 0 Å². The van der Waals surface area contributed by atoms with Crippen LogP contribution in [0.15, 0.2) is 0 Å². The summed E-state index contributed by atoms with van der Waals surface area (Å²) in [5.74, 6) is -0.555. The lowest BCUT2D eigenvalue weighted by atomic mass is 9.99. The molecule has 2 atom stereocenters. The Labute approximate surface area is 80.9 Å². The molecule has 0 aromatic carbocycles. The van der Waals surface area contributed by atoms with Crippen LogP contribution < -0.4 is 0 Å². The van der Waals surface area contributed by atoms with E-state index in [4.69, 9.17) is 4.74 Å². The number of carbonyl (C=O) groups is 1. The third kappa shape index (κ3) is 6.72. The molecule has 0 rings (SSSR count). The quantitative estimate of drug-likeness (QED) is 0.491. The highest BCUT2D eigenvalue weighted by atomic mass is 32.2. The molecule has 0 bridgehead atoms. The largest absolute Gasteiger partial charge is 0.772 e. The zero-order valence-electron chi connectivity index (χ0n) is 8.11.